The summed E-state index contributed by atoms with van der Waals surface area (Å²) in [7, 11) is 0. The average Bonchev–Trinajstić information content (AvgIpc) is 2.94. The Labute approximate surface area is 120 Å². The number of H-pyrrole nitrogens is 1. The third-order valence-electron chi connectivity index (χ3n) is 3.94. The highest BCUT2D eigenvalue weighted by Gasteiger charge is 2.28. The number of nitrogens with one attached hydrogen (secondary N) is 2. The number of aromatic amines is 1. The lowest BCUT2D eigenvalue weighted by Gasteiger charge is -2.27. The molecule has 1 fully saturated rings. The largest absolute Gasteiger partial charge is 0.481 e. The molecule has 110 valence electrons. The maximum atomic E-state index is 12.2. The summed E-state index contributed by atoms with van der Waals surface area (Å²) in [5, 5.41) is 22.4. The summed E-state index contributed by atoms with van der Waals surface area (Å²) in [4.78, 5) is 23.3. The Hall–Kier alpha value is -2.44. The molecule has 0 spiro atoms. The molecule has 2 atom stereocenters. The predicted octanol–water partition coefficient (Wildman–Crippen LogP) is 1.33. The topological polar surface area (TPSA) is 108 Å². The predicted molar refractivity (Wildman–Crippen MR) is 74.7 cm³/mol. The monoisotopic (exact) mass is 288 g/mol. The van der Waals surface area contributed by atoms with Crippen LogP contribution in [0.1, 0.15) is 36.0 Å². The van der Waals surface area contributed by atoms with Crippen molar-refractivity contribution in [2.24, 2.45) is 5.92 Å². The number of carboxylic acids is 1. The summed E-state index contributed by atoms with van der Waals surface area (Å²) in [6, 6.07) is 5.01. The Morgan fingerprint density at radius 3 is 2.86 bits per heavy atom. The maximum absolute atomic E-state index is 12.2. The summed E-state index contributed by atoms with van der Waals surface area (Å²) in [5.41, 5.74) is 1.85. The summed E-state index contributed by atoms with van der Waals surface area (Å²) >= 11 is 0. The molecule has 21 heavy (non-hydrogen) atoms. The van der Waals surface area contributed by atoms with Gasteiger partial charge in [-0.3, -0.25) is 9.59 Å². The fourth-order valence-corrected chi connectivity index (χ4v) is 2.80. The molecule has 3 N–H and O–H groups in total. The van der Waals surface area contributed by atoms with Gasteiger partial charge in [0.2, 0.25) is 0 Å². The molecule has 2 aromatic rings. The summed E-state index contributed by atoms with van der Waals surface area (Å²) in [6.45, 7) is 0. The van der Waals surface area contributed by atoms with Gasteiger partial charge >= 0.3 is 5.97 Å². The first-order chi connectivity index (χ1) is 10.1. The van der Waals surface area contributed by atoms with E-state index in [9.17, 15) is 9.59 Å². The van der Waals surface area contributed by atoms with Crippen LogP contribution in [0.15, 0.2) is 18.2 Å². The van der Waals surface area contributed by atoms with E-state index >= 15 is 0 Å². The van der Waals surface area contributed by atoms with Gasteiger partial charge in [-0.05, 0) is 37.5 Å². The van der Waals surface area contributed by atoms with Crippen molar-refractivity contribution >= 4 is 22.9 Å². The standard InChI is InChI=1S/C14H16N4O3/c19-13(8-4-5-11-12(7-8)17-18-16-11)15-10-3-1-2-9(6-10)14(20)21/h4-5,7,9-10H,1-3,6H2,(H,15,19)(H,20,21)(H,16,17,18). The number of hydrogen-bond donors (Lipinski definition) is 3. The molecule has 0 aliphatic heterocycles. The smallest absolute Gasteiger partial charge is 0.306 e. The van der Waals surface area contributed by atoms with E-state index in [1.165, 1.54) is 0 Å². The number of amides is 1. The molecular weight excluding hydrogens is 272 g/mol. The number of benzene rings is 1. The number of carbonyl (C=O) groups is 2. The normalized spacial score (nSPS) is 22.1. The minimum atomic E-state index is -0.780. The maximum Gasteiger partial charge on any atom is 0.306 e. The first kappa shape index (κ1) is 13.5. The third-order valence-corrected chi connectivity index (χ3v) is 3.94. The fraction of sp³-hybridized carbons (Fsp3) is 0.429. The van der Waals surface area contributed by atoms with Gasteiger partial charge in [-0.25, -0.2) is 0 Å². The molecule has 1 aromatic carbocycles. The number of fused-ring (bicyclic) bond motifs is 1. The van der Waals surface area contributed by atoms with Crippen LogP contribution in [0.4, 0.5) is 0 Å². The van der Waals surface area contributed by atoms with E-state index in [0.717, 1.165) is 12.8 Å². The number of rotatable bonds is 3. The van der Waals surface area contributed by atoms with E-state index in [2.05, 4.69) is 20.7 Å². The molecule has 3 rings (SSSR count). The number of carboxylic acid groups (broad SMARTS) is 1. The van der Waals surface area contributed by atoms with Gasteiger partial charge in [-0.1, -0.05) is 6.42 Å². The van der Waals surface area contributed by atoms with Gasteiger partial charge in [-0.2, -0.15) is 15.4 Å². The molecule has 1 heterocycles. The zero-order chi connectivity index (χ0) is 14.8. The highest BCUT2D eigenvalue weighted by molar-refractivity contribution is 5.97. The first-order valence-corrected chi connectivity index (χ1v) is 6.97. The first-order valence-electron chi connectivity index (χ1n) is 6.97. The van der Waals surface area contributed by atoms with E-state index in [1.54, 1.807) is 18.2 Å². The quantitative estimate of drug-likeness (QED) is 0.789. The second kappa shape index (κ2) is 5.51. The number of aromatic nitrogens is 3. The Balaban J connectivity index is 1.69. The van der Waals surface area contributed by atoms with Crippen molar-refractivity contribution in [3.63, 3.8) is 0 Å². The molecule has 1 aromatic heterocycles. The summed E-state index contributed by atoms with van der Waals surface area (Å²) in [6.07, 6.45) is 2.83. The SMILES string of the molecule is O=C(NC1CCCC(C(=O)O)C1)c1ccc2n[nH]nc2c1. The van der Waals surface area contributed by atoms with E-state index in [4.69, 9.17) is 5.11 Å². The number of hydrogen-bond acceptors (Lipinski definition) is 4. The van der Waals surface area contributed by atoms with E-state index < -0.39 is 5.97 Å². The van der Waals surface area contributed by atoms with Crippen LogP contribution in [0, 0.1) is 5.92 Å². The van der Waals surface area contributed by atoms with Crippen molar-refractivity contribution < 1.29 is 14.7 Å². The number of aliphatic carboxylic acids is 1. The Morgan fingerprint density at radius 1 is 1.24 bits per heavy atom. The second-order valence-electron chi connectivity index (χ2n) is 5.40. The lowest BCUT2D eigenvalue weighted by Crippen LogP contribution is -2.39. The van der Waals surface area contributed by atoms with Crippen molar-refractivity contribution in [1.82, 2.24) is 20.7 Å². The van der Waals surface area contributed by atoms with E-state index in [1.807, 2.05) is 0 Å². The zero-order valence-electron chi connectivity index (χ0n) is 11.4. The fourth-order valence-electron chi connectivity index (χ4n) is 2.80. The lowest BCUT2D eigenvalue weighted by molar-refractivity contribution is -0.143. The minimum Gasteiger partial charge on any atom is -0.481 e. The van der Waals surface area contributed by atoms with Gasteiger partial charge in [0.15, 0.2) is 0 Å². The van der Waals surface area contributed by atoms with Crippen LogP contribution in [-0.2, 0) is 4.79 Å². The average molecular weight is 288 g/mol. The van der Waals surface area contributed by atoms with Crippen LogP contribution in [0.5, 0.6) is 0 Å². The van der Waals surface area contributed by atoms with Crippen LogP contribution in [0.3, 0.4) is 0 Å². The molecule has 2 unspecified atom stereocenters. The second-order valence-corrected chi connectivity index (χ2v) is 5.40. The molecule has 1 aliphatic carbocycles. The molecule has 1 amide bonds. The van der Waals surface area contributed by atoms with E-state index in [0.29, 0.717) is 29.4 Å². The van der Waals surface area contributed by atoms with Crippen LogP contribution in [0.25, 0.3) is 11.0 Å². The summed E-state index contributed by atoms with van der Waals surface area (Å²) < 4.78 is 0. The van der Waals surface area contributed by atoms with Gasteiger partial charge in [0, 0.05) is 11.6 Å². The van der Waals surface area contributed by atoms with Gasteiger partial charge < -0.3 is 10.4 Å². The van der Waals surface area contributed by atoms with Crippen LogP contribution in [-0.4, -0.2) is 38.4 Å². The highest BCUT2D eigenvalue weighted by atomic mass is 16.4. The molecule has 7 nitrogen and oxygen atoms in total. The van der Waals surface area contributed by atoms with Crippen molar-refractivity contribution in [3.05, 3.63) is 23.8 Å². The van der Waals surface area contributed by atoms with E-state index in [-0.39, 0.29) is 17.9 Å². The van der Waals surface area contributed by atoms with Gasteiger partial charge in [-0.15, -0.1) is 0 Å². The van der Waals surface area contributed by atoms with Gasteiger partial charge in [0.25, 0.3) is 5.91 Å². The molecule has 0 saturated heterocycles. The van der Waals surface area contributed by atoms with Gasteiger partial charge in [0.05, 0.1) is 5.92 Å². The van der Waals surface area contributed by atoms with Crippen LogP contribution in [0.2, 0.25) is 0 Å². The molecule has 0 bridgehead atoms. The Kier molecular flexibility index (Phi) is 3.55. The van der Waals surface area contributed by atoms with Gasteiger partial charge in [0.1, 0.15) is 11.0 Å². The molecule has 0 radical (unpaired) electrons. The lowest BCUT2D eigenvalue weighted by atomic mass is 9.85. The van der Waals surface area contributed by atoms with Crippen LogP contribution >= 0.6 is 0 Å². The van der Waals surface area contributed by atoms with Crippen LogP contribution < -0.4 is 5.32 Å². The molecular formula is C14H16N4O3. The Morgan fingerprint density at radius 2 is 2.05 bits per heavy atom. The number of nitrogens with zero attached hydrogens (tertiary/aromatic N) is 2. The minimum absolute atomic E-state index is 0.0830. The summed E-state index contributed by atoms with van der Waals surface area (Å²) in [5.74, 6) is -1.34. The van der Waals surface area contributed by atoms with Crippen molar-refractivity contribution in [2.45, 2.75) is 31.7 Å². The zero-order valence-corrected chi connectivity index (χ0v) is 11.4. The molecule has 1 saturated carbocycles. The van der Waals surface area contributed by atoms with Crippen molar-refractivity contribution in [2.75, 3.05) is 0 Å². The molecule has 7 heteroatoms. The highest BCUT2D eigenvalue weighted by Crippen LogP contribution is 2.24. The number of carbonyl (C=O) groups excluding carboxylic acids is 1. The van der Waals surface area contributed by atoms with Crippen molar-refractivity contribution in [1.29, 1.82) is 0 Å². The molecule has 1 aliphatic rings. The van der Waals surface area contributed by atoms with Crippen molar-refractivity contribution in [3.8, 4) is 0 Å². The third kappa shape index (κ3) is 2.86. The Bertz CT molecular complexity index is 682.